The smallest absolute Gasteiger partial charge is 0.204 e. The molecule has 0 atom stereocenters. The molecule has 0 radical (unpaired) electrons. The average Bonchev–Trinajstić information content (AvgIpc) is 2.72. The molecule has 28 heavy (non-hydrogen) atoms. The Bertz CT molecular complexity index is 873. The fraction of sp³-hybridized carbons (Fsp3) is 0.318. The molecule has 0 fully saturated rings. The van der Waals surface area contributed by atoms with Crippen LogP contribution in [-0.2, 0) is 0 Å². The highest BCUT2D eigenvalue weighted by Crippen LogP contribution is 2.40. The van der Waals surface area contributed by atoms with Gasteiger partial charge < -0.3 is 24.7 Å². The molecule has 150 valence electrons. The summed E-state index contributed by atoms with van der Waals surface area (Å²) < 4.78 is 21.6. The summed E-state index contributed by atoms with van der Waals surface area (Å²) >= 11 is 0. The minimum absolute atomic E-state index is 0.146. The van der Waals surface area contributed by atoms with E-state index in [1.807, 2.05) is 26.0 Å². The third kappa shape index (κ3) is 4.39. The van der Waals surface area contributed by atoms with Crippen LogP contribution in [0.1, 0.15) is 36.2 Å². The van der Waals surface area contributed by atoms with Gasteiger partial charge in [-0.05, 0) is 49.2 Å². The summed E-state index contributed by atoms with van der Waals surface area (Å²) in [4.78, 5) is 13.2. The molecule has 2 aromatic rings. The van der Waals surface area contributed by atoms with Gasteiger partial charge in [-0.1, -0.05) is 13.0 Å². The number of allylic oxidation sites excluding steroid dienone is 1. The quantitative estimate of drug-likeness (QED) is 0.392. The third-order valence-corrected chi connectivity index (χ3v) is 4.30. The van der Waals surface area contributed by atoms with Crippen molar-refractivity contribution < 1.29 is 23.7 Å². The van der Waals surface area contributed by atoms with E-state index in [-0.39, 0.29) is 5.78 Å². The van der Waals surface area contributed by atoms with Gasteiger partial charge in [0.1, 0.15) is 5.75 Å². The van der Waals surface area contributed by atoms with E-state index in [2.05, 4.69) is 0 Å². The van der Waals surface area contributed by atoms with Gasteiger partial charge in [0.05, 0.1) is 39.2 Å². The van der Waals surface area contributed by atoms with Crippen molar-refractivity contribution in [2.24, 2.45) is 0 Å². The Hall–Kier alpha value is -3.15. The molecule has 2 N–H and O–H groups in total. The molecule has 0 heterocycles. The van der Waals surface area contributed by atoms with Gasteiger partial charge in [-0.3, -0.25) is 4.79 Å². The van der Waals surface area contributed by atoms with Gasteiger partial charge in [0.25, 0.3) is 0 Å². The first kappa shape index (κ1) is 21.2. The van der Waals surface area contributed by atoms with Gasteiger partial charge in [-0.25, -0.2) is 0 Å². The number of benzene rings is 2. The number of Topliss-reactive ketones (excluding diaryl/α,β-unsaturated/α-hetero) is 1. The lowest BCUT2D eigenvalue weighted by Gasteiger charge is -2.16. The molecule has 6 heteroatoms. The van der Waals surface area contributed by atoms with Gasteiger partial charge in [0, 0.05) is 5.57 Å². The van der Waals surface area contributed by atoms with Crippen LogP contribution in [-0.4, -0.2) is 33.7 Å². The van der Waals surface area contributed by atoms with Crippen LogP contribution in [0.4, 0.5) is 5.69 Å². The predicted molar refractivity (Wildman–Crippen MR) is 111 cm³/mol. The topological polar surface area (TPSA) is 80.0 Å². The number of carbonyl (C=O) groups excluding carboxylic acids is 1. The maximum absolute atomic E-state index is 13.2. The maximum Gasteiger partial charge on any atom is 0.204 e. The van der Waals surface area contributed by atoms with Crippen molar-refractivity contribution in [1.82, 2.24) is 0 Å². The predicted octanol–water partition coefficient (Wildman–Crippen LogP) is 4.37. The van der Waals surface area contributed by atoms with Crippen molar-refractivity contribution in [2.45, 2.75) is 20.3 Å². The monoisotopic (exact) mass is 385 g/mol. The van der Waals surface area contributed by atoms with Crippen LogP contribution in [0.3, 0.4) is 0 Å². The Balaban J connectivity index is 2.46. The van der Waals surface area contributed by atoms with Crippen molar-refractivity contribution in [3.8, 4) is 23.0 Å². The molecule has 0 spiro atoms. The number of methoxy groups -OCH3 is 3. The second-order valence-electron chi connectivity index (χ2n) is 5.96. The molecular weight excluding hydrogens is 358 g/mol. The number of ether oxygens (including phenoxy) is 4. The summed E-state index contributed by atoms with van der Waals surface area (Å²) in [7, 11) is 4.54. The van der Waals surface area contributed by atoms with Crippen molar-refractivity contribution in [1.29, 1.82) is 0 Å². The van der Waals surface area contributed by atoms with Crippen molar-refractivity contribution in [3.63, 3.8) is 0 Å². The van der Waals surface area contributed by atoms with Crippen LogP contribution in [0.25, 0.3) is 6.08 Å². The van der Waals surface area contributed by atoms with Crippen LogP contribution >= 0.6 is 0 Å². The summed E-state index contributed by atoms with van der Waals surface area (Å²) in [6, 6.07) is 8.84. The average molecular weight is 385 g/mol. The van der Waals surface area contributed by atoms with Crippen molar-refractivity contribution in [3.05, 3.63) is 47.0 Å². The molecule has 6 nitrogen and oxygen atoms in total. The lowest BCUT2D eigenvalue weighted by Crippen LogP contribution is -2.07. The highest BCUT2D eigenvalue weighted by Gasteiger charge is 2.22. The second-order valence-corrected chi connectivity index (χ2v) is 5.96. The molecule has 2 aromatic carbocycles. The molecule has 0 amide bonds. The first-order valence-electron chi connectivity index (χ1n) is 9.07. The van der Waals surface area contributed by atoms with Crippen LogP contribution in [0.15, 0.2) is 35.9 Å². The molecular formula is C22H27NO5. The van der Waals surface area contributed by atoms with E-state index in [1.54, 1.807) is 24.3 Å². The Morgan fingerprint density at radius 3 is 2.18 bits per heavy atom. The number of anilines is 1. The molecule has 0 aromatic heterocycles. The zero-order chi connectivity index (χ0) is 20.7. The van der Waals surface area contributed by atoms with E-state index < -0.39 is 0 Å². The van der Waals surface area contributed by atoms with E-state index in [0.717, 1.165) is 5.56 Å². The number of nitrogens with two attached hydrogens (primary N) is 1. The van der Waals surface area contributed by atoms with Gasteiger partial charge in [0.15, 0.2) is 17.3 Å². The fourth-order valence-corrected chi connectivity index (χ4v) is 2.93. The minimum Gasteiger partial charge on any atom is -0.493 e. The van der Waals surface area contributed by atoms with Crippen LogP contribution in [0.5, 0.6) is 23.0 Å². The van der Waals surface area contributed by atoms with Crippen LogP contribution < -0.4 is 24.7 Å². The lowest BCUT2D eigenvalue weighted by molar-refractivity contribution is 0.102. The molecule has 0 bridgehead atoms. The second kappa shape index (κ2) is 9.69. The summed E-state index contributed by atoms with van der Waals surface area (Å²) in [5, 5.41) is 0. The number of ketones is 1. The highest BCUT2D eigenvalue weighted by molar-refractivity contribution is 6.13. The number of carbonyl (C=O) groups is 1. The number of hydrogen-bond donors (Lipinski definition) is 1. The Morgan fingerprint density at radius 1 is 0.964 bits per heavy atom. The molecule has 0 aliphatic heterocycles. The van der Waals surface area contributed by atoms with E-state index >= 15 is 0 Å². The van der Waals surface area contributed by atoms with Crippen LogP contribution in [0.2, 0.25) is 0 Å². The molecule has 0 unspecified atom stereocenters. The minimum atomic E-state index is -0.146. The van der Waals surface area contributed by atoms with E-state index in [4.69, 9.17) is 24.7 Å². The van der Waals surface area contributed by atoms with Gasteiger partial charge in [0.2, 0.25) is 5.75 Å². The first-order valence-corrected chi connectivity index (χ1v) is 9.07. The number of rotatable bonds is 9. The largest absolute Gasteiger partial charge is 0.493 e. The summed E-state index contributed by atoms with van der Waals surface area (Å²) in [6.45, 7) is 4.36. The Labute approximate surface area is 165 Å². The SMILES string of the molecule is CCOc1ccc(C=C(CC)C(=O)c2ccc(OC)c(OC)c2OC)cc1N. The van der Waals surface area contributed by atoms with Gasteiger partial charge in [-0.2, -0.15) is 0 Å². The molecule has 0 aliphatic carbocycles. The summed E-state index contributed by atoms with van der Waals surface area (Å²) in [5.74, 6) is 1.71. The van der Waals surface area contributed by atoms with E-state index in [1.165, 1.54) is 21.3 Å². The summed E-state index contributed by atoms with van der Waals surface area (Å²) in [5.41, 5.74) is 8.42. The molecule has 0 saturated heterocycles. The Kier molecular flexibility index (Phi) is 7.32. The van der Waals surface area contributed by atoms with Gasteiger partial charge in [-0.15, -0.1) is 0 Å². The first-order chi connectivity index (χ1) is 13.5. The van der Waals surface area contributed by atoms with E-state index in [0.29, 0.717) is 52.8 Å². The lowest BCUT2D eigenvalue weighted by atomic mass is 9.97. The van der Waals surface area contributed by atoms with Gasteiger partial charge >= 0.3 is 0 Å². The molecule has 0 aliphatic rings. The van der Waals surface area contributed by atoms with Crippen LogP contribution in [0, 0.1) is 0 Å². The Morgan fingerprint density at radius 2 is 1.64 bits per heavy atom. The maximum atomic E-state index is 13.2. The highest BCUT2D eigenvalue weighted by atomic mass is 16.5. The summed E-state index contributed by atoms with van der Waals surface area (Å²) in [6.07, 6.45) is 2.37. The standard InChI is InChI=1S/C22H27NO5/c1-6-15(12-14-8-10-18(28-7-2)17(23)13-14)20(24)16-9-11-19(25-3)22(27-5)21(16)26-4/h8-13H,6-7,23H2,1-5H3. The zero-order valence-electron chi connectivity index (χ0n) is 17.0. The van der Waals surface area contributed by atoms with Crippen molar-refractivity contribution >= 4 is 17.5 Å². The number of nitrogen functional groups attached to an aromatic ring is 1. The molecule has 2 rings (SSSR count). The fourth-order valence-electron chi connectivity index (χ4n) is 2.93. The van der Waals surface area contributed by atoms with Crippen molar-refractivity contribution in [2.75, 3.05) is 33.7 Å². The third-order valence-electron chi connectivity index (χ3n) is 4.30. The zero-order valence-corrected chi connectivity index (χ0v) is 17.0. The number of hydrogen-bond acceptors (Lipinski definition) is 6. The van der Waals surface area contributed by atoms with E-state index in [9.17, 15) is 4.79 Å². The normalized spacial score (nSPS) is 11.1. The molecule has 0 saturated carbocycles.